The summed E-state index contributed by atoms with van der Waals surface area (Å²) in [5, 5.41) is 0.632. The zero-order valence-corrected chi connectivity index (χ0v) is 13.0. The summed E-state index contributed by atoms with van der Waals surface area (Å²) in [7, 11) is 0. The largest absolute Gasteiger partial charge is 0.337 e. The molecular formula is C16H17ClN4O. The smallest absolute Gasteiger partial charge is 0.257 e. The van der Waals surface area contributed by atoms with Gasteiger partial charge in [-0.05, 0) is 25.0 Å². The molecule has 1 unspecified atom stereocenters. The van der Waals surface area contributed by atoms with Crippen LogP contribution in [0.15, 0.2) is 30.6 Å². The summed E-state index contributed by atoms with van der Waals surface area (Å²) in [5.41, 5.74) is 8.04. The minimum atomic E-state index is -0.0742. The molecule has 2 N–H and O–H groups in total. The zero-order valence-electron chi connectivity index (χ0n) is 12.3. The normalized spacial score (nSPS) is 17.8. The van der Waals surface area contributed by atoms with Crippen molar-refractivity contribution in [2.45, 2.75) is 19.4 Å². The lowest BCUT2D eigenvalue weighted by Crippen LogP contribution is -2.32. The number of aryl methyl sites for hydroxylation is 1. The number of amides is 1. The molecule has 0 aliphatic carbocycles. The molecule has 2 aromatic rings. The van der Waals surface area contributed by atoms with Gasteiger partial charge < -0.3 is 10.6 Å². The Kier molecular flexibility index (Phi) is 4.09. The lowest BCUT2D eigenvalue weighted by molar-refractivity contribution is 0.0790. The Hall–Kier alpha value is -1.98. The van der Waals surface area contributed by atoms with Gasteiger partial charge in [0, 0.05) is 37.1 Å². The first-order valence-electron chi connectivity index (χ1n) is 7.18. The second kappa shape index (κ2) is 6.02. The van der Waals surface area contributed by atoms with Gasteiger partial charge in [-0.1, -0.05) is 23.7 Å². The minimum Gasteiger partial charge on any atom is -0.337 e. The summed E-state index contributed by atoms with van der Waals surface area (Å²) in [6.07, 6.45) is 3.93. The first kappa shape index (κ1) is 14.9. The van der Waals surface area contributed by atoms with E-state index in [1.54, 1.807) is 17.3 Å². The van der Waals surface area contributed by atoms with E-state index in [9.17, 15) is 4.79 Å². The average Bonchev–Trinajstić information content (AvgIpc) is 2.96. The molecule has 1 atom stereocenters. The van der Waals surface area contributed by atoms with Gasteiger partial charge in [-0.2, -0.15) is 0 Å². The van der Waals surface area contributed by atoms with Gasteiger partial charge >= 0.3 is 0 Å². The van der Waals surface area contributed by atoms with Gasteiger partial charge in [0.25, 0.3) is 5.91 Å². The molecule has 0 bridgehead atoms. The Morgan fingerprint density at radius 3 is 2.73 bits per heavy atom. The van der Waals surface area contributed by atoms with Crippen LogP contribution >= 0.6 is 11.6 Å². The second-order valence-corrected chi connectivity index (χ2v) is 5.91. The van der Waals surface area contributed by atoms with Crippen LogP contribution in [0.4, 0.5) is 0 Å². The number of nitrogens with zero attached hydrogens (tertiary/aromatic N) is 3. The molecule has 1 saturated heterocycles. The SMILES string of the molecule is Cc1cccc(-c2ncc(C(=O)N3CCC(N)C3)cn2)c1Cl. The summed E-state index contributed by atoms with van der Waals surface area (Å²) in [5.74, 6) is 0.443. The second-order valence-electron chi connectivity index (χ2n) is 5.53. The van der Waals surface area contributed by atoms with Crippen molar-refractivity contribution in [3.8, 4) is 11.4 Å². The summed E-state index contributed by atoms with van der Waals surface area (Å²) < 4.78 is 0. The van der Waals surface area contributed by atoms with Crippen molar-refractivity contribution in [3.63, 3.8) is 0 Å². The average molecular weight is 317 g/mol. The Morgan fingerprint density at radius 2 is 2.09 bits per heavy atom. The first-order valence-corrected chi connectivity index (χ1v) is 7.56. The van der Waals surface area contributed by atoms with Gasteiger partial charge in [0.15, 0.2) is 5.82 Å². The van der Waals surface area contributed by atoms with E-state index in [1.807, 2.05) is 25.1 Å². The lowest BCUT2D eigenvalue weighted by atomic mass is 10.1. The summed E-state index contributed by atoms with van der Waals surface area (Å²) in [6.45, 7) is 3.20. The van der Waals surface area contributed by atoms with E-state index < -0.39 is 0 Å². The molecule has 6 heteroatoms. The van der Waals surface area contributed by atoms with Crippen molar-refractivity contribution in [2.24, 2.45) is 5.73 Å². The Balaban J connectivity index is 1.84. The van der Waals surface area contributed by atoms with Crippen LogP contribution in [-0.4, -0.2) is 39.9 Å². The number of halogens is 1. The van der Waals surface area contributed by atoms with Crippen molar-refractivity contribution in [1.82, 2.24) is 14.9 Å². The maximum atomic E-state index is 12.3. The highest BCUT2D eigenvalue weighted by molar-refractivity contribution is 6.33. The van der Waals surface area contributed by atoms with Gasteiger partial charge in [-0.25, -0.2) is 9.97 Å². The maximum Gasteiger partial charge on any atom is 0.257 e. The molecule has 2 heterocycles. The van der Waals surface area contributed by atoms with E-state index in [0.717, 1.165) is 17.5 Å². The monoisotopic (exact) mass is 316 g/mol. The number of aromatic nitrogens is 2. The number of hydrogen-bond acceptors (Lipinski definition) is 4. The third kappa shape index (κ3) is 2.82. The molecule has 1 aliphatic heterocycles. The zero-order chi connectivity index (χ0) is 15.7. The van der Waals surface area contributed by atoms with Gasteiger partial charge in [0.05, 0.1) is 10.6 Å². The van der Waals surface area contributed by atoms with Crippen LogP contribution in [0.2, 0.25) is 5.02 Å². The fourth-order valence-electron chi connectivity index (χ4n) is 2.55. The standard InChI is InChI=1S/C16H17ClN4O/c1-10-3-2-4-13(14(10)17)15-19-7-11(8-20-15)16(22)21-6-5-12(18)9-21/h2-4,7-8,12H,5-6,9,18H2,1H3. The highest BCUT2D eigenvalue weighted by Crippen LogP contribution is 2.27. The van der Waals surface area contributed by atoms with Crippen LogP contribution in [0.5, 0.6) is 0 Å². The predicted molar refractivity (Wildman–Crippen MR) is 85.7 cm³/mol. The Bertz CT molecular complexity index is 702. The molecule has 0 spiro atoms. The van der Waals surface area contributed by atoms with Crippen LogP contribution in [0, 0.1) is 6.92 Å². The molecule has 0 radical (unpaired) electrons. The number of nitrogens with two attached hydrogens (primary N) is 1. The topological polar surface area (TPSA) is 72.1 Å². The van der Waals surface area contributed by atoms with E-state index >= 15 is 0 Å². The molecule has 5 nitrogen and oxygen atoms in total. The number of benzene rings is 1. The van der Waals surface area contributed by atoms with Gasteiger partial charge in [0.1, 0.15) is 0 Å². The molecule has 1 amide bonds. The van der Waals surface area contributed by atoms with E-state index in [1.165, 1.54) is 0 Å². The quantitative estimate of drug-likeness (QED) is 0.922. The van der Waals surface area contributed by atoms with Crippen molar-refractivity contribution in [3.05, 3.63) is 46.7 Å². The van der Waals surface area contributed by atoms with Gasteiger partial charge in [0.2, 0.25) is 0 Å². The van der Waals surface area contributed by atoms with Crippen LogP contribution in [0.1, 0.15) is 22.3 Å². The predicted octanol–water partition coefficient (Wildman–Crippen LogP) is 2.28. The number of carbonyl (C=O) groups excluding carboxylic acids is 1. The van der Waals surface area contributed by atoms with Crippen LogP contribution < -0.4 is 5.73 Å². The molecule has 22 heavy (non-hydrogen) atoms. The molecule has 3 rings (SSSR count). The molecule has 1 aliphatic rings. The van der Waals surface area contributed by atoms with Gasteiger partial charge in [-0.15, -0.1) is 0 Å². The van der Waals surface area contributed by atoms with Crippen LogP contribution in [0.3, 0.4) is 0 Å². The molecule has 1 aromatic carbocycles. The number of rotatable bonds is 2. The highest BCUT2D eigenvalue weighted by Gasteiger charge is 2.25. The van der Waals surface area contributed by atoms with E-state index in [4.69, 9.17) is 17.3 Å². The molecule has 1 fully saturated rings. The fraction of sp³-hybridized carbons (Fsp3) is 0.312. The van der Waals surface area contributed by atoms with Crippen molar-refractivity contribution < 1.29 is 4.79 Å². The molecular weight excluding hydrogens is 300 g/mol. The van der Waals surface area contributed by atoms with E-state index in [-0.39, 0.29) is 11.9 Å². The number of hydrogen-bond donors (Lipinski definition) is 1. The van der Waals surface area contributed by atoms with E-state index in [0.29, 0.717) is 29.5 Å². The van der Waals surface area contributed by atoms with Crippen molar-refractivity contribution >= 4 is 17.5 Å². The third-order valence-corrected chi connectivity index (χ3v) is 4.35. The third-order valence-electron chi connectivity index (χ3n) is 3.84. The molecule has 114 valence electrons. The number of likely N-dealkylation sites (tertiary alicyclic amines) is 1. The summed E-state index contributed by atoms with van der Waals surface area (Å²) in [6, 6.07) is 5.77. The van der Waals surface area contributed by atoms with Gasteiger partial charge in [-0.3, -0.25) is 4.79 Å². The minimum absolute atomic E-state index is 0.0650. The Morgan fingerprint density at radius 1 is 1.36 bits per heavy atom. The van der Waals surface area contributed by atoms with E-state index in [2.05, 4.69) is 9.97 Å². The fourth-order valence-corrected chi connectivity index (χ4v) is 2.76. The summed E-state index contributed by atoms with van der Waals surface area (Å²) in [4.78, 5) is 22.6. The van der Waals surface area contributed by atoms with Crippen molar-refractivity contribution in [2.75, 3.05) is 13.1 Å². The first-order chi connectivity index (χ1) is 10.6. The summed E-state index contributed by atoms with van der Waals surface area (Å²) >= 11 is 6.28. The Labute approximate surface area is 134 Å². The molecule has 1 aromatic heterocycles. The number of carbonyl (C=O) groups is 1. The van der Waals surface area contributed by atoms with Crippen molar-refractivity contribution in [1.29, 1.82) is 0 Å². The lowest BCUT2D eigenvalue weighted by Gasteiger charge is -2.15. The highest BCUT2D eigenvalue weighted by atomic mass is 35.5. The maximum absolute atomic E-state index is 12.3. The van der Waals surface area contributed by atoms with Crippen LogP contribution in [-0.2, 0) is 0 Å². The van der Waals surface area contributed by atoms with Crippen LogP contribution in [0.25, 0.3) is 11.4 Å². The molecule has 0 saturated carbocycles.